The second-order valence-electron chi connectivity index (χ2n) is 5.32. The van der Waals surface area contributed by atoms with Crippen LogP contribution in [0.3, 0.4) is 0 Å². The van der Waals surface area contributed by atoms with E-state index in [4.69, 9.17) is 4.74 Å². The molecule has 0 fully saturated rings. The van der Waals surface area contributed by atoms with Crippen molar-refractivity contribution in [3.63, 3.8) is 0 Å². The van der Waals surface area contributed by atoms with Gasteiger partial charge in [-0.2, -0.15) is 0 Å². The number of hydrogen-bond acceptors (Lipinski definition) is 4. The van der Waals surface area contributed by atoms with Gasteiger partial charge in [0.1, 0.15) is 5.75 Å². The van der Waals surface area contributed by atoms with Crippen LogP contribution >= 0.6 is 0 Å². The van der Waals surface area contributed by atoms with Crippen molar-refractivity contribution in [2.45, 2.75) is 27.2 Å². The highest BCUT2D eigenvalue weighted by molar-refractivity contribution is 6.09. The molecule has 1 aromatic rings. The summed E-state index contributed by atoms with van der Waals surface area (Å²) in [5.74, 6) is -0.614. The predicted molar refractivity (Wildman–Crippen MR) is 66.0 cm³/mol. The van der Waals surface area contributed by atoms with Gasteiger partial charge in [0, 0.05) is 5.41 Å². The van der Waals surface area contributed by atoms with Crippen LogP contribution in [0.2, 0.25) is 0 Å². The number of Topliss-reactive ketones (excluding diaryl/α,β-unsaturated/α-hetero) is 1. The first kappa shape index (κ1) is 12.6. The number of fused-ring (bicyclic) bond motifs is 1. The van der Waals surface area contributed by atoms with Crippen LogP contribution in [0.25, 0.3) is 0 Å². The number of carbonyl (C=O) groups is 2. The number of methoxy groups -OCH3 is 1. The van der Waals surface area contributed by atoms with Crippen LogP contribution < -0.4 is 0 Å². The summed E-state index contributed by atoms with van der Waals surface area (Å²) < 4.78 is 4.73. The lowest BCUT2D eigenvalue weighted by molar-refractivity contribution is 0.0599. The molecule has 0 radical (unpaired) electrons. The number of carbonyl (C=O) groups excluding carboxylic acids is 2. The highest BCUT2D eigenvalue weighted by Crippen LogP contribution is 2.43. The summed E-state index contributed by atoms with van der Waals surface area (Å²) in [6.45, 7) is 5.29. The Morgan fingerprint density at radius 1 is 1.44 bits per heavy atom. The van der Waals surface area contributed by atoms with E-state index >= 15 is 0 Å². The van der Waals surface area contributed by atoms with Gasteiger partial charge in [-0.1, -0.05) is 13.8 Å². The van der Waals surface area contributed by atoms with Gasteiger partial charge in [-0.3, -0.25) is 4.79 Å². The van der Waals surface area contributed by atoms with E-state index < -0.39 is 11.4 Å². The molecule has 2 rings (SSSR count). The largest absolute Gasteiger partial charge is 0.507 e. The van der Waals surface area contributed by atoms with Crippen LogP contribution in [0.4, 0.5) is 0 Å². The third-order valence-corrected chi connectivity index (χ3v) is 3.46. The van der Waals surface area contributed by atoms with Crippen LogP contribution in [-0.4, -0.2) is 24.0 Å². The molecule has 0 aromatic heterocycles. The normalized spacial score (nSPS) is 16.6. The molecule has 4 nitrogen and oxygen atoms in total. The Bertz CT molecular complexity index is 555. The first-order chi connectivity index (χ1) is 8.29. The number of ketones is 1. The minimum absolute atomic E-state index is 0.0202. The van der Waals surface area contributed by atoms with Crippen LogP contribution in [0, 0.1) is 12.3 Å². The summed E-state index contributed by atoms with van der Waals surface area (Å²) in [4.78, 5) is 24.0. The molecule has 96 valence electrons. The third-order valence-electron chi connectivity index (χ3n) is 3.46. The lowest BCUT2D eigenvalue weighted by Gasteiger charge is -2.13. The molecule has 0 bridgehead atoms. The maximum Gasteiger partial charge on any atom is 0.338 e. The van der Waals surface area contributed by atoms with Crippen molar-refractivity contribution < 1.29 is 19.4 Å². The number of ether oxygens (including phenoxy) is 1. The molecule has 1 N–H and O–H groups in total. The molecule has 1 aliphatic rings. The zero-order valence-corrected chi connectivity index (χ0v) is 11.0. The van der Waals surface area contributed by atoms with Crippen molar-refractivity contribution >= 4 is 11.8 Å². The Morgan fingerprint density at radius 3 is 2.61 bits per heavy atom. The number of esters is 1. The van der Waals surface area contributed by atoms with Gasteiger partial charge < -0.3 is 9.84 Å². The number of phenols is 1. The van der Waals surface area contributed by atoms with Gasteiger partial charge >= 0.3 is 5.97 Å². The number of rotatable bonds is 1. The fourth-order valence-corrected chi connectivity index (χ4v) is 2.43. The predicted octanol–water partition coefficient (Wildman–Crippen LogP) is 2.25. The lowest BCUT2D eigenvalue weighted by Crippen LogP contribution is -2.19. The molecular weight excluding hydrogens is 232 g/mol. The zero-order valence-electron chi connectivity index (χ0n) is 11.0. The van der Waals surface area contributed by atoms with Gasteiger partial charge in [-0.25, -0.2) is 4.79 Å². The molecule has 0 saturated heterocycles. The molecule has 4 heteroatoms. The minimum atomic E-state index is -0.587. The van der Waals surface area contributed by atoms with Crippen molar-refractivity contribution in [3.05, 3.63) is 28.3 Å². The van der Waals surface area contributed by atoms with Crippen LogP contribution in [0.5, 0.6) is 5.75 Å². The maximum absolute atomic E-state index is 12.2. The SMILES string of the molecule is COC(=O)c1cc(C)c(O)c2c1CC(C)(C)C2=O. The Labute approximate surface area is 106 Å². The number of phenolic OH excluding ortho intramolecular Hbond substituents is 1. The van der Waals surface area contributed by atoms with Gasteiger partial charge in [-0.05, 0) is 30.5 Å². The monoisotopic (exact) mass is 248 g/mol. The minimum Gasteiger partial charge on any atom is -0.507 e. The molecule has 18 heavy (non-hydrogen) atoms. The summed E-state index contributed by atoms with van der Waals surface area (Å²) in [7, 11) is 1.30. The average Bonchev–Trinajstić information content (AvgIpc) is 2.55. The van der Waals surface area contributed by atoms with E-state index in [0.29, 0.717) is 23.1 Å². The fourth-order valence-electron chi connectivity index (χ4n) is 2.43. The van der Waals surface area contributed by atoms with E-state index in [-0.39, 0.29) is 17.1 Å². The molecule has 0 aliphatic heterocycles. The average molecular weight is 248 g/mol. The highest BCUT2D eigenvalue weighted by atomic mass is 16.5. The van der Waals surface area contributed by atoms with Crippen LogP contribution in [0.15, 0.2) is 6.07 Å². The smallest absolute Gasteiger partial charge is 0.338 e. The van der Waals surface area contributed by atoms with Gasteiger partial charge in [0.2, 0.25) is 0 Å². The number of aromatic hydroxyl groups is 1. The number of hydrogen-bond donors (Lipinski definition) is 1. The summed E-state index contributed by atoms with van der Waals surface area (Å²) in [6, 6.07) is 1.58. The highest BCUT2D eigenvalue weighted by Gasteiger charge is 2.42. The molecule has 1 aromatic carbocycles. The lowest BCUT2D eigenvalue weighted by atomic mass is 9.89. The summed E-state index contributed by atoms with van der Waals surface area (Å²) in [6.07, 6.45) is 0.444. The van der Waals surface area contributed by atoms with E-state index in [0.717, 1.165) is 0 Å². The fraction of sp³-hybridized carbons (Fsp3) is 0.429. The molecule has 0 saturated carbocycles. The van der Waals surface area contributed by atoms with Crippen molar-refractivity contribution in [1.82, 2.24) is 0 Å². The van der Waals surface area contributed by atoms with Crippen LogP contribution in [0.1, 0.15) is 45.7 Å². The molecule has 0 spiro atoms. The number of aryl methyl sites for hydroxylation is 1. The molecule has 0 amide bonds. The summed E-state index contributed by atoms with van der Waals surface area (Å²) in [5.41, 5.74) is 1.18. The van der Waals surface area contributed by atoms with Gasteiger partial charge in [0.25, 0.3) is 0 Å². The van der Waals surface area contributed by atoms with Gasteiger partial charge in [0.15, 0.2) is 5.78 Å². The van der Waals surface area contributed by atoms with Crippen LogP contribution in [-0.2, 0) is 11.2 Å². The Hall–Kier alpha value is -1.84. The standard InChI is InChI=1S/C14H16O4/c1-7-5-8(13(17)18-4)9-6-14(2,3)12(16)10(9)11(7)15/h5,15H,6H2,1-4H3. The topological polar surface area (TPSA) is 63.6 Å². The van der Waals surface area contributed by atoms with Gasteiger partial charge in [-0.15, -0.1) is 0 Å². The van der Waals surface area contributed by atoms with Crippen molar-refractivity contribution in [2.24, 2.45) is 5.41 Å². The summed E-state index contributed by atoms with van der Waals surface area (Å²) >= 11 is 0. The Balaban J connectivity index is 2.75. The van der Waals surface area contributed by atoms with E-state index in [1.807, 2.05) is 13.8 Å². The van der Waals surface area contributed by atoms with Gasteiger partial charge in [0.05, 0.1) is 18.2 Å². The molecular formula is C14H16O4. The Kier molecular flexibility index (Phi) is 2.69. The summed E-state index contributed by atoms with van der Waals surface area (Å²) in [5, 5.41) is 10.0. The first-order valence-electron chi connectivity index (χ1n) is 5.78. The first-order valence-corrected chi connectivity index (χ1v) is 5.78. The van der Waals surface area contributed by atoms with E-state index in [9.17, 15) is 14.7 Å². The van der Waals surface area contributed by atoms with E-state index in [1.54, 1.807) is 13.0 Å². The molecule has 0 unspecified atom stereocenters. The maximum atomic E-state index is 12.2. The second kappa shape index (κ2) is 3.83. The second-order valence-corrected chi connectivity index (χ2v) is 5.32. The Morgan fingerprint density at radius 2 is 2.06 bits per heavy atom. The molecule has 0 atom stereocenters. The zero-order chi connectivity index (χ0) is 13.7. The molecule has 1 aliphatic carbocycles. The van der Waals surface area contributed by atoms with E-state index in [1.165, 1.54) is 7.11 Å². The quantitative estimate of drug-likeness (QED) is 0.774. The van der Waals surface area contributed by atoms with Crippen molar-refractivity contribution in [1.29, 1.82) is 0 Å². The van der Waals surface area contributed by atoms with Crippen molar-refractivity contribution in [3.8, 4) is 5.75 Å². The van der Waals surface area contributed by atoms with E-state index in [2.05, 4.69) is 0 Å². The third kappa shape index (κ3) is 1.60. The number of benzene rings is 1. The van der Waals surface area contributed by atoms with Crippen molar-refractivity contribution in [2.75, 3.05) is 7.11 Å². The molecule has 0 heterocycles.